The Bertz CT molecular complexity index is 1550. The van der Waals surface area contributed by atoms with Crippen molar-refractivity contribution in [2.45, 2.75) is 51.2 Å². The number of pyridine rings is 1. The summed E-state index contributed by atoms with van der Waals surface area (Å²) in [4.78, 5) is 23.3. The second kappa shape index (κ2) is 12.0. The van der Waals surface area contributed by atoms with Gasteiger partial charge < -0.3 is 23.9 Å². The van der Waals surface area contributed by atoms with Gasteiger partial charge in [0, 0.05) is 30.8 Å². The van der Waals surface area contributed by atoms with Crippen molar-refractivity contribution >= 4 is 28.6 Å². The van der Waals surface area contributed by atoms with Gasteiger partial charge in [-0.3, -0.25) is 4.90 Å². The van der Waals surface area contributed by atoms with E-state index in [1.54, 1.807) is 24.3 Å². The smallest absolute Gasteiger partial charge is 0.335 e. The number of likely N-dealkylation sites (tertiary alicyclic amines) is 1. The van der Waals surface area contributed by atoms with Gasteiger partial charge in [0.25, 0.3) is 0 Å². The number of aromatic nitrogens is 3. The Morgan fingerprint density at radius 2 is 1.93 bits per heavy atom. The fourth-order valence-corrected chi connectivity index (χ4v) is 5.32. The van der Waals surface area contributed by atoms with Crippen LogP contribution in [-0.4, -0.2) is 62.4 Å². The molecule has 41 heavy (non-hydrogen) atoms. The number of fused-ring (bicyclic) bond motifs is 1. The highest BCUT2D eigenvalue weighted by molar-refractivity contribution is 6.30. The van der Waals surface area contributed by atoms with E-state index in [1.807, 2.05) is 18.2 Å². The number of carbonyl (C=O) groups is 1. The fraction of sp³-hybridized carbons (Fsp3) is 0.367. The normalized spacial score (nSPS) is 17.9. The first-order chi connectivity index (χ1) is 19.9. The van der Waals surface area contributed by atoms with E-state index in [0.29, 0.717) is 29.7 Å². The van der Waals surface area contributed by atoms with Crippen molar-refractivity contribution in [3.8, 4) is 11.6 Å². The SMILES string of the molecule is O=C(O)c1ccc2nc(CN3CCC(Oc4cccc(COc5ccc(Cl)cc5F)n4)CC3)n(C[C@@H]3CCO3)c2c1. The largest absolute Gasteiger partial charge is 0.484 e. The molecule has 1 atom stereocenters. The quantitative estimate of drug-likeness (QED) is 0.269. The van der Waals surface area contributed by atoms with Crippen molar-refractivity contribution in [2.24, 2.45) is 0 Å². The Labute approximate surface area is 241 Å². The molecule has 0 saturated carbocycles. The lowest BCUT2D eigenvalue weighted by molar-refractivity contribution is -0.0592. The summed E-state index contributed by atoms with van der Waals surface area (Å²) in [6, 6.07) is 14.8. The van der Waals surface area contributed by atoms with Gasteiger partial charge in [0.15, 0.2) is 11.6 Å². The minimum atomic E-state index is -0.953. The third kappa shape index (κ3) is 6.45. The van der Waals surface area contributed by atoms with Gasteiger partial charge in [-0.15, -0.1) is 0 Å². The van der Waals surface area contributed by atoms with Crippen molar-refractivity contribution in [2.75, 3.05) is 19.7 Å². The Kier molecular flexibility index (Phi) is 8.04. The first-order valence-electron chi connectivity index (χ1n) is 13.7. The van der Waals surface area contributed by atoms with E-state index in [2.05, 4.69) is 14.5 Å². The van der Waals surface area contributed by atoms with Crippen LogP contribution in [0.5, 0.6) is 11.6 Å². The Balaban J connectivity index is 1.06. The summed E-state index contributed by atoms with van der Waals surface area (Å²) in [5.74, 6) is 0.0623. The zero-order valence-electron chi connectivity index (χ0n) is 22.3. The second-order valence-corrected chi connectivity index (χ2v) is 10.8. The Morgan fingerprint density at radius 1 is 1.10 bits per heavy atom. The van der Waals surface area contributed by atoms with Crippen LogP contribution in [0.3, 0.4) is 0 Å². The lowest BCUT2D eigenvalue weighted by Crippen LogP contribution is -2.39. The molecule has 4 aromatic rings. The molecule has 2 saturated heterocycles. The summed E-state index contributed by atoms with van der Waals surface area (Å²) in [6.45, 7) is 3.83. The third-order valence-electron chi connectivity index (χ3n) is 7.49. The highest BCUT2D eigenvalue weighted by Gasteiger charge is 2.26. The average Bonchev–Trinajstić information content (AvgIpc) is 3.27. The van der Waals surface area contributed by atoms with Crippen LogP contribution in [0.1, 0.15) is 41.1 Å². The lowest BCUT2D eigenvalue weighted by Gasteiger charge is -2.32. The molecule has 0 unspecified atom stereocenters. The van der Waals surface area contributed by atoms with Gasteiger partial charge in [0.1, 0.15) is 18.5 Å². The van der Waals surface area contributed by atoms with E-state index in [0.717, 1.165) is 55.8 Å². The van der Waals surface area contributed by atoms with Crippen LogP contribution in [0, 0.1) is 5.82 Å². The second-order valence-electron chi connectivity index (χ2n) is 10.4. The molecule has 2 fully saturated rings. The first-order valence-corrected chi connectivity index (χ1v) is 14.1. The van der Waals surface area contributed by atoms with E-state index in [4.69, 9.17) is 30.8 Å². The number of piperidine rings is 1. The van der Waals surface area contributed by atoms with Crippen LogP contribution in [0.2, 0.25) is 5.02 Å². The average molecular weight is 581 g/mol. The number of rotatable bonds is 10. The summed E-state index contributed by atoms with van der Waals surface area (Å²) < 4.78 is 33.6. The molecule has 6 rings (SSSR count). The molecule has 2 aliphatic rings. The van der Waals surface area contributed by atoms with Crippen LogP contribution >= 0.6 is 11.6 Å². The molecule has 11 heteroatoms. The van der Waals surface area contributed by atoms with Crippen molar-refractivity contribution in [3.63, 3.8) is 0 Å². The molecule has 2 aromatic heterocycles. The Morgan fingerprint density at radius 3 is 2.66 bits per heavy atom. The van der Waals surface area contributed by atoms with Crippen LogP contribution < -0.4 is 9.47 Å². The maximum Gasteiger partial charge on any atom is 0.335 e. The number of carboxylic acids is 1. The van der Waals surface area contributed by atoms with Crippen molar-refractivity contribution in [1.82, 2.24) is 19.4 Å². The summed E-state index contributed by atoms with van der Waals surface area (Å²) in [6.07, 6.45) is 2.78. The number of ether oxygens (including phenoxy) is 3. The molecule has 0 radical (unpaired) electrons. The predicted octanol–water partition coefficient (Wildman–Crippen LogP) is 5.33. The molecule has 9 nitrogen and oxygen atoms in total. The molecule has 1 N–H and O–H groups in total. The maximum atomic E-state index is 14.0. The van der Waals surface area contributed by atoms with Crippen LogP contribution in [0.25, 0.3) is 11.0 Å². The number of hydrogen-bond donors (Lipinski definition) is 1. The summed E-state index contributed by atoms with van der Waals surface area (Å²) >= 11 is 5.81. The predicted molar refractivity (Wildman–Crippen MR) is 150 cm³/mol. The number of imidazole rings is 1. The van der Waals surface area contributed by atoms with E-state index in [-0.39, 0.29) is 30.1 Å². The zero-order valence-corrected chi connectivity index (χ0v) is 23.1. The highest BCUT2D eigenvalue weighted by Crippen LogP contribution is 2.26. The topological polar surface area (TPSA) is 98.9 Å². The number of carboxylic acid groups (broad SMARTS) is 1. The van der Waals surface area contributed by atoms with Crippen molar-refractivity contribution < 1.29 is 28.5 Å². The molecule has 0 bridgehead atoms. The monoisotopic (exact) mass is 580 g/mol. The molecule has 2 aliphatic heterocycles. The Hall–Kier alpha value is -3.73. The highest BCUT2D eigenvalue weighted by atomic mass is 35.5. The number of halogens is 2. The molecule has 0 aliphatic carbocycles. The van der Waals surface area contributed by atoms with E-state index in [1.165, 1.54) is 12.1 Å². The third-order valence-corrected chi connectivity index (χ3v) is 7.73. The van der Waals surface area contributed by atoms with E-state index < -0.39 is 11.8 Å². The standard InChI is InChI=1S/C30H30ClFN4O5/c31-20-5-7-27(24(32)15-20)40-18-21-2-1-3-29(33-21)41-22-8-11-35(12-9-22)17-28-34-25-6-4-19(30(37)38)14-26(25)36(28)16-23-10-13-39-23/h1-7,14-15,22-23H,8-13,16-18H2,(H,37,38)/t23-/m0/s1. The zero-order chi connectivity index (χ0) is 28.3. The molecular weight excluding hydrogens is 551 g/mol. The fourth-order valence-electron chi connectivity index (χ4n) is 5.17. The minimum Gasteiger partial charge on any atom is -0.484 e. The van der Waals surface area contributed by atoms with Gasteiger partial charge in [0.2, 0.25) is 5.88 Å². The summed E-state index contributed by atoms with van der Waals surface area (Å²) in [5.41, 5.74) is 2.49. The lowest BCUT2D eigenvalue weighted by atomic mass is 10.1. The molecule has 0 amide bonds. The number of hydrogen-bond acceptors (Lipinski definition) is 7. The molecular formula is C30H30ClFN4O5. The number of nitrogens with zero attached hydrogens (tertiary/aromatic N) is 4. The molecule has 4 heterocycles. The van der Waals surface area contributed by atoms with Gasteiger partial charge in [-0.25, -0.2) is 19.2 Å². The van der Waals surface area contributed by atoms with Crippen LogP contribution in [0.15, 0.2) is 54.6 Å². The van der Waals surface area contributed by atoms with Crippen LogP contribution in [-0.2, 0) is 24.4 Å². The van der Waals surface area contributed by atoms with Gasteiger partial charge in [-0.05, 0) is 61.7 Å². The van der Waals surface area contributed by atoms with Crippen molar-refractivity contribution in [1.29, 1.82) is 0 Å². The summed E-state index contributed by atoms with van der Waals surface area (Å²) in [5, 5.41) is 9.79. The summed E-state index contributed by atoms with van der Waals surface area (Å²) in [7, 11) is 0. The van der Waals surface area contributed by atoms with Gasteiger partial charge in [-0.2, -0.15) is 0 Å². The molecule has 0 spiro atoms. The minimum absolute atomic E-state index is 0.0175. The molecule has 2 aromatic carbocycles. The first kappa shape index (κ1) is 27.4. The number of benzene rings is 2. The van der Waals surface area contributed by atoms with Gasteiger partial charge in [0.05, 0.1) is 41.5 Å². The molecule has 214 valence electrons. The number of aromatic carboxylic acids is 1. The van der Waals surface area contributed by atoms with Crippen LogP contribution in [0.4, 0.5) is 4.39 Å². The van der Waals surface area contributed by atoms with Crippen molar-refractivity contribution in [3.05, 3.63) is 82.5 Å². The van der Waals surface area contributed by atoms with Gasteiger partial charge in [-0.1, -0.05) is 17.7 Å². The maximum absolute atomic E-state index is 14.0. The van der Waals surface area contributed by atoms with E-state index >= 15 is 0 Å². The van der Waals surface area contributed by atoms with Gasteiger partial charge >= 0.3 is 5.97 Å². The van der Waals surface area contributed by atoms with E-state index in [9.17, 15) is 14.3 Å².